The van der Waals surface area contributed by atoms with E-state index in [1.54, 1.807) is 0 Å². The number of anilines is 1. The number of amides is 1. The molecular formula is C14H19ClFN3O3S. The summed E-state index contributed by atoms with van der Waals surface area (Å²) >= 11 is 0. The van der Waals surface area contributed by atoms with Crippen LogP contribution in [0.3, 0.4) is 0 Å². The number of hydrogen-bond donors (Lipinski definition) is 3. The minimum Gasteiger partial charge on any atom is -0.325 e. The van der Waals surface area contributed by atoms with Crippen LogP contribution in [0.25, 0.3) is 0 Å². The molecule has 1 amide bonds. The second-order valence-corrected chi connectivity index (χ2v) is 7.36. The third-order valence-electron chi connectivity index (χ3n) is 3.76. The molecule has 0 radical (unpaired) electrons. The Kier molecular flexibility index (Phi) is 5.61. The van der Waals surface area contributed by atoms with Crippen molar-refractivity contribution < 1.29 is 17.6 Å². The zero-order valence-electron chi connectivity index (χ0n) is 12.3. The first-order valence-electron chi connectivity index (χ1n) is 7.32. The number of benzene rings is 1. The summed E-state index contributed by atoms with van der Waals surface area (Å²) in [5, 5.41) is 5.68. The van der Waals surface area contributed by atoms with Gasteiger partial charge in [-0.3, -0.25) is 4.79 Å². The SMILES string of the molecule is Cl.O=C(Nc1ccc(F)c(S(=O)(=O)NC2CC2)c1)C1CCCN1. The van der Waals surface area contributed by atoms with Gasteiger partial charge in [-0.15, -0.1) is 12.4 Å². The fraction of sp³-hybridized carbons (Fsp3) is 0.500. The smallest absolute Gasteiger partial charge is 0.243 e. The van der Waals surface area contributed by atoms with E-state index in [2.05, 4.69) is 15.4 Å². The Hall–Kier alpha value is -1.22. The second-order valence-electron chi connectivity index (χ2n) is 5.68. The van der Waals surface area contributed by atoms with Gasteiger partial charge >= 0.3 is 0 Å². The molecule has 23 heavy (non-hydrogen) atoms. The molecule has 1 atom stereocenters. The average molecular weight is 364 g/mol. The highest BCUT2D eigenvalue weighted by Gasteiger charge is 2.30. The first-order chi connectivity index (χ1) is 10.5. The highest BCUT2D eigenvalue weighted by molar-refractivity contribution is 7.89. The van der Waals surface area contributed by atoms with Crippen molar-refractivity contribution in [2.45, 2.75) is 42.7 Å². The van der Waals surface area contributed by atoms with Crippen molar-refractivity contribution in [3.63, 3.8) is 0 Å². The van der Waals surface area contributed by atoms with E-state index in [-0.39, 0.29) is 36.1 Å². The summed E-state index contributed by atoms with van der Waals surface area (Å²) < 4.78 is 40.5. The zero-order valence-corrected chi connectivity index (χ0v) is 14.0. The molecule has 3 N–H and O–H groups in total. The summed E-state index contributed by atoms with van der Waals surface area (Å²) in [5.74, 6) is -1.06. The lowest BCUT2D eigenvalue weighted by atomic mass is 10.2. The van der Waals surface area contributed by atoms with Crippen LogP contribution in [-0.2, 0) is 14.8 Å². The van der Waals surface area contributed by atoms with E-state index in [1.165, 1.54) is 6.07 Å². The molecule has 1 unspecified atom stereocenters. The van der Waals surface area contributed by atoms with E-state index in [1.807, 2.05) is 0 Å². The van der Waals surface area contributed by atoms with Gasteiger partial charge in [0.2, 0.25) is 15.9 Å². The topological polar surface area (TPSA) is 87.3 Å². The van der Waals surface area contributed by atoms with Crippen LogP contribution in [0.15, 0.2) is 23.1 Å². The van der Waals surface area contributed by atoms with Crippen molar-refractivity contribution in [2.75, 3.05) is 11.9 Å². The number of nitrogens with one attached hydrogen (secondary N) is 3. The van der Waals surface area contributed by atoms with Crippen LogP contribution in [0.1, 0.15) is 25.7 Å². The van der Waals surface area contributed by atoms with Crippen molar-refractivity contribution in [3.05, 3.63) is 24.0 Å². The molecule has 0 bridgehead atoms. The van der Waals surface area contributed by atoms with Crippen LogP contribution < -0.4 is 15.4 Å². The fourth-order valence-corrected chi connectivity index (χ4v) is 3.82. The Morgan fingerprint density at radius 1 is 1.26 bits per heavy atom. The molecule has 1 aliphatic carbocycles. The second kappa shape index (κ2) is 7.12. The Morgan fingerprint density at radius 2 is 2.00 bits per heavy atom. The molecule has 128 valence electrons. The first-order valence-corrected chi connectivity index (χ1v) is 8.80. The number of hydrogen-bond acceptors (Lipinski definition) is 4. The molecule has 6 nitrogen and oxygen atoms in total. The van der Waals surface area contributed by atoms with E-state index in [0.717, 1.165) is 44.4 Å². The molecule has 1 saturated heterocycles. The largest absolute Gasteiger partial charge is 0.325 e. The van der Waals surface area contributed by atoms with Gasteiger partial charge in [-0.1, -0.05) is 0 Å². The predicted molar refractivity (Wildman–Crippen MR) is 86.6 cm³/mol. The lowest BCUT2D eigenvalue weighted by molar-refractivity contribution is -0.117. The standard InChI is InChI=1S/C14H18FN3O3S.ClH/c15-11-6-5-10(17-14(19)12-2-1-7-16-12)8-13(11)22(20,21)18-9-3-4-9;/h5-6,8-9,12,16,18H,1-4,7H2,(H,17,19);1H. The monoisotopic (exact) mass is 363 g/mol. The maximum absolute atomic E-state index is 13.8. The number of carbonyl (C=O) groups excluding carboxylic acids is 1. The Balaban J connectivity index is 0.00000192. The summed E-state index contributed by atoms with van der Waals surface area (Å²) in [5.41, 5.74) is 0.274. The molecule has 2 fully saturated rings. The minimum absolute atomic E-state index is 0. The zero-order chi connectivity index (χ0) is 15.7. The molecule has 0 spiro atoms. The Labute approximate surface area is 140 Å². The van der Waals surface area contributed by atoms with Crippen LogP contribution in [0, 0.1) is 5.82 Å². The summed E-state index contributed by atoms with van der Waals surface area (Å²) in [4.78, 5) is 11.6. The lowest BCUT2D eigenvalue weighted by Crippen LogP contribution is -2.35. The van der Waals surface area contributed by atoms with Crippen molar-refractivity contribution in [3.8, 4) is 0 Å². The number of carbonyl (C=O) groups is 1. The molecule has 1 heterocycles. The molecule has 9 heteroatoms. The van der Waals surface area contributed by atoms with E-state index >= 15 is 0 Å². The van der Waals surface area contributed by atoms with Gasteiger partial charge in [0.1, 0.15) is 10.7 Å². The van der Waals surface area contributed by atoms with Crippen LogP contribution in [0.4, 0.5) is 10.1 Å². The third-order valence-corrected chi connectivity index (χ3v) is 5.30. The molecule has 0 aromatic heterocycles. The number of rotatable bonds is 5. The molecule has 2 aliphatic rings. The third kappa shape index (κ3) is 4.41. The van der Waals surface area contributed by atoms with E-state index in [0.29, 0.717) is 0 Å². The van der Waals surface area contributed by atoms with Gasteiger partial charge in [-0.05, 0) is 50.4 Å². The average Bonchev–Trinajstić information content (AvgIpc) is 3.09. The van der Waals surface area contributed by atoms with Crippen LogP contribution in [0.5, 0.6) is 0 Å². The van der Waals surface area contributed by atoms with Gasteiger partial charge in [0.15, 0.2) is 0 Å². The van der Waals surface area contributed by atoms with E-state index < -0.39 is 20.7 Å². The molecular weight excluding hydrogens is 345 g/mol. The van der Waals surface area contributed by atoms with Gasteiger partial charge in [0.05, 0.1) is 6.04 Å². The van der Waals surface area contributed by atoms with E-state index in [4.69, 9.17) is 0 Å². The van der Waals surface area contributed by atoms with Gasteiger partial charge in [0, 0.05) is 11.7 Å². The normalized spacial score (nSPS) is 20.8. The molecule has 1 aromatic rings. The van der Waals surface area contributed by atoms with Gasteiger partial charge in [-0.2, -0.15) is 0 Å². The first kappa shape index (κ1) is 18.1. The van der Waals surface area contributed by atoms with Crippen LogP contribution in [0.2, 0.25) is 0 Å². The van der Waals surface area contributed by atoms with E-state index in [9.17, 15) is 17.6 Å². The molecule has 3 rings (SSSR count). The van der Waals surface area contributed by atoms with Gasteiger partial charge in [0.25, 0.3) is 0 Å². The highest BCUT2D eigenvalue weighted by atomic mass is 35.5. The van der Waals surface area contributed by atoms with Gasteiger partial charge < -0.3 is 10.6 Å². The van der Waals surface area contributed by atoms with Crippen molar-refractivity contribution in [1.29, 1.82) is 0 Å². The summed E-state index contributed by atoms with van der Waals surface area (Å²) in [7, 11) is -3.90. The minimum atomic E-state index is -3.90. The maximum atomic E-state index is 13.8. The van der Waals surface area contributed by atoms with Crippen LogP contribution >= 0.6 is 12.4 Å². The van der Waals surface area contributed by atoms with Gasteiger partial charge in [-0.25, -0.2) is 17.5 Å². The summed E-state index contributed by atoms with van der Waals surface area (Å²) in [6, 6.07) is 3.18. The maximum Gasteiger partial charge on any atom is 0.243 e. The predicted octanol–water partition coefficient (Wildman–Crippen LogP) is 1.38. The summed E-state index contributed by atoms with van der Waals surface area (Å²) in [6.45, 7) is 0.784. The lowest BCUT2D eigenvalue weighted by Gasteiger charge is -2.13. The molecule has 1 saturated carbocycles. The van der Waals surface area contributed by atoms with Crippen molar-refractivity contribution >= 4 is 34.0 Å². The van der Waals surface area contributed by atoms with Crippen molar-refractivity contribution in [2.24, 2.45) is 0 Å². The molecule has 1 aliphatic heterocycles. The number of sulfonamides is 1. The Morgan fingerprint density at radius 3 is 2.61 bits per heavy atom. The number of halogens is 2. The van der Waals surface area contributed by atoms with Crippen LogP contribution in [-0.4, -0.2) is 33.0 Å². The van der Waals surface area contributed by atoms with Crippen molar-refractivity contribution in [1.82, 2.24) is 10.0 Å². The summed E-state index contributed by atoms with van der Waals surface area (Å²) in [6.07, 6.45) is 3.20. The quantitative estimate of drug-likeness (QED) is 0.737. The highest BCUT2D eigenvalue weighted by Crippen LogP contribution is 2.25. The fourth-order valence-electron chi connectivity index (χ4n) is 2.41. The molecule has 1 aromatic carbocycles. The Bertz CT molecular complexity index is 689.